The molecule has 0 unspecified atom stereocenters. The minimum atomic E-state index is -1.08. The summed E-state index contributed by atoms with van der Waals surface area (Å²) in [5.41, 5.74) is 0.711. The van der Waals surface area contributed by atoms with Crippen molar-refractivity contribution in [2.75, 3.05) is 6.61 Å². The summed E-state index contributed by atoms with van der Waals surface area (Å²) in [6, 6.07) is 3.99. The number of rotatable bonds is 3. The molecular weight excluding hydrogens is 175 g/mol. The highest BCUT2D eigenvalue weighted by Crippen LogP contribution is 2.18. The Morgan fingerprint density at radius 1 is 1.62 bits per heavy atom. The van der Waals surface area contributed by atoms with Crippen LogP contribution in [0.3, 0.4) is 0 Å². The molecule has 0 aliphatic heterocycles. The molecule has 0 fully saturated rings. The van der Waals surface area contributed by atoms with Crippen LogP contribution in [0.2, 0.25) is 0 Å². The molecule has 0 saturated heterocycles. The number of hydrogen-bond donors (Lipinski definition) is 1. The van der Waals surface area contributed by atoms with Gasteiger partial charge < -0.3 is 9.84 Å². The van der Waals surface area contributed by atoms with E-state index in [1.165, 1.54) is 12.1 Å². The molecule has 1 rings (SSSR count). The van der Waals surface area contributed by atoms with E-state index < -0.39 is 18.4 Å². The second-order valence-corrected chi connectivity index (χ2v) is 2.59. The number of carboxylic acids is 1. The Morgan fingerprint density at radius 2 is 2.31 bits per heavy atom. The summed E-state index contributed by atoms with van der Waals surface area (Å²) < 4.78 is 17.5. The topological polar surface area (TPSA) is 46.5 Å². The number of aliphatic carboxylic acids is 1. The summed E-state index contributed by atoms with van der Waals surface area (Å²) in [6.07, 6.45) is 0. The largest absolute Gasteiger partial charge is 0.482 e. The number of benzene rings is 1. The van der Waals surface area contributed by atoms with Crippen molar-refractivity contribution in [3.8, 4) is 5.75 Å². The molecule has 0 aromatic heterocycles. The Balaban J connectivity index is 2.75. The van der Waals surface area contributed by atoms with Crippen molar-refractivity contribution in [3.05, 3.63) is 29.6 Å². The van der Waals surface area contributed by atoms with E-state index in [-0.39, 0.29) is 5.75 Å². The van der Waals surface area contributed by atoms with Gasteiger partial charge in [-0.3, -0.25) is 0 Å². The van der Waals surface area contributed by atoms with Crippen molar-refractivity contribution in [2.45, 2.75) is 6.92 Å². The fourth-order valence-corrected chi connectivity index (χ4v) is 0.869. The smallest absolute Gasteiger partial charge is 0.341 e. The van der Waals surface area contributed by atoms with Crippen LogP contribution in [0.15, 0.2) is 18.2 Å². The summed E-state index contributed by atoms with van der Waals surface area (Å²) in [5, 5.41) is 8.32. The van der Waals surface area contributed by atoms with Gasteiger partial charge in [-0.2, -0.15) is 0 Å². The van der Waals surface area contributed by atoms with Crippen molar-refractivity contribution in [1.82, 2.24) is 0 Å². The monoisotopic (exact) mass is 184 g/mol. The van der Waals surface area contributed by atoms with Crippen molar-refractivity contribution >= 4 is 5.97 Å². The molecule has 0 spiro atoms. The molecule has 0 aliphatic carbocycles. The van der Waals surface area contributed by atoms with Crippen LogP contribution in [0, 0.1) is 12.7 Å². The lowest BCUT2D eigenvalue weighted by molar-refractivity contribution is -0.139. The Hall–Kier alpha value is -1.58. The first-order valence-corrected chi connectivity index (χ1v) is 3.70. The molecule has 1 N–H and O–H groups in total. The Kier molecular flexibility index (Phi) is 2.84. The van der Waals surface area contributed by atoms with Gasteiger partial charge in [-0.1, -0.05) is 6.07 Å². The quantitative estimate of drug-likeness (QED) is 0.776. The second-order valence-electron chi connectivity index (χ2n) is 2.59. The maximum absolute atomic E-state index is 12.6. The van der Waals surface area contributed by atoms with Crippen molar-refractivity contribution in [3.63, 3.8) is 0 Å². The highest BCUT2D eigenvalue weighted by atomic mass is 19.1. The van der Waals surface area contributed by atoms with Crippen molar-refractivity contribution < 1.29 is 19.0 Å². The zero-order valence-corrected chi connectivity index (χ0v) is 7.08. The highest BCUT2D eigenvalue weighted by molar-refractivity contribution is 5.68. The molecule has 0 aliphatic rings. The molecule has 0 amide bonds. The number of aryl methyl sites for hydroxylation is 1. The molecule has 0 bridgehead atoms. The first-order chi connectivity index (χ1) is 6.09. The summed E-state index contributed by atoms with van der Waals surface area (Å²) in [6.45, 7) is 1.26. The van der Waals surface area contributed by atoms with Crippen molar-refractivity contribution in [1.29, 1.82) is 0 Å². The first kappa shape index (κ1) is 9.51. The lowest BCUT2D eigenvalue weighted by Crippen LogP contribution is -2.10. The number of halogens is 1. The highest BCUT2D eigenvalue weighted by Gasteiger charge is 2.03. The van der Waals surface area contributed by atoms with E-state index >= 15 is 0 Å². The second kappa shape index (κ2) is 3.89. The van der Waals surface area contributed by atoms with Gasteiger partial charge in [0.1, 0.15) is 11.6 Å². The Labute approximate surface area is 74.8 Å². The van der Waals surface area contributed by atoms with Gasteiger partial charge in [0.2, 0.25) is 0 Å². The van der Waals surface area contributed by atoms with Gasteiger partial charge >= 0.3 is 5.97 Å². The van der Waals surface area contributed by atoms with Crippen molar-refractivity contribution in [2.24, 2.45) is 0 Å². The lowest BCUT2D eigenvalue weighted by atomic mass is 10.2. The fraction of sp³-hybridized carbons (Fsp3) is 0.222. The predicted octanol–water partition coefficient (Wildman–Crippen LogP) is 1.60. The van der Waals surface area contributed by atoms with Gasteiger partial charge in [-0.25, -0.2) is 9.18 Å². The number of carboxylic acid groups (broad SMARTS) is 1. The van der Waals surface area contributed by atoms with E-state index in [0.717, 1.165) is 6.07 Å². The summed E-state index contributed by atoms with van der Waals surface area (Å²) in [5.74, 6) is -1.25. The van der Waals surface area contributed by atoms with Crippen LogP contribution in [0.25, 0.3) is 0 Å². The first-order valence-electron chi connectivity index (χ1n) is 3.70. The van der Waals surface area contributed by atoms with Crippen LogP contribution in [-0.2, 0) is 4.79 Å². The van der Waals surface area contributed by atoms with Gasteiger partial charge in [-0.15, -0.1) is 0 Å². The molecule has 1 aromatic rings. The molecule has 13 heavy (non-hydrogen) atoms. The third-order valence-corrected chi connectivity index (χ3v) is 1.50. The van der Waals surface area contributed by atoms with Crippen LogP contribution in [0.4, 0.5) is 4.39 Å². The van der Waals surface area contributed by atoms with Gasteiger partial charge in [0.05, 0.1) is 0 Å². The fourth-order valence-electron chi connectivity index (χ4n) is 0.869. The maximum atomic E-state index is 12.6. The Morgan fingerprint density at radius 3 is 2.92 bits per heavy atom. The number of hydrogen-bond acceptors (Lipinski definition) is 2. The van der Waals surface area contributed by atoms with Gasteiger partial charge in [0, 0.05) is 6.07 Å². The Bertz CT molecular complexity index is 323. The summed E-state index contributed by atoms with van der Waals surface area (Å²) >= 11 is 0. The lowest BCUT2D eigenvalue weighted by Gasteiger charge is -2.05. The molecule has 1 aromatic carbocycles. The normalized spacial score (nSPS) is 9.69. The average Bonchev–Trinajstić information content (AvgIpc) is 2.06. The molecule has 70 valence electrons. The molecule has 0 atom stereocenters. The summed E-state index contributed by atoms with van der Waals surface area (Å²) in [7, 11) is 0. The standard InChI is InChI=1S/C9H9FO3/c1-6-2-3-7(10)4-8(6)13-5-9(11)12/h2-4H,5H2,1H3,(H,11,12). The van der Waals surface area contributed by atoms with Crippen LogP contribution in [0.5, 0.6) is 5.75 Å². The van der Waals surface area contributed by atoms with E-state index in [1.54, 1.807) is 6.92 Å². The van der Waals surface area contributed by atoms with Gasteiger partial charge in [0.15, 0.2) is 6.61 Å². The molecule has 0 saturated carbocycles. The predicted molar refractivity (Wildman–Crippen MR) is 44.3 cm³/mol. The van der Waals surface area contributed by atoms with E-state index in [0.29, 0.717) is 5.56 Å². The number of carbonyl (C=O) groups is 1. The van der Waals surface area contributed by atoms with Crippen LogP contribution in [0.1, 0.15) is 5.56 Å². The average molecular weight is 184 g/mol. The molecule has 0 radical (unpaired) electrons. The van der Waals surface area contributed by atoms with Gasteiger partial charge in [-0.05, 0) is 18.6 Å². The zero-order valence-electron chi connectivity index (χ0n) is 7.08. The maximum Gasteiger partial charge on any atom is 0.341 e. The SMILES string of the molecule is Cc1ccc(F)cc1OCC(=O)O. The van der Waals surface area contributed by atoms with Crippen LogP contribution < -0.4 is 4.74 Å². The van der Waals surface area contributed by atoms with E-state index in [1.807, 2.05) is 0 Å². The molecule has 4 heteroatoms. The summed E-state index contributed by atoms with van der Waals surface area (Å²) in [4.78, 5) is 10.2. The third kappa shape index (κ3) is 2.74. The minimum absolute atomic E-state index is 0.266. The zero-order chi connectivity index (χ0) is 9.84. The van der Waals surface area contributed by atoms with E-state index in [4.69, 9.17) is 9.84 Å². The van der Waals surface area contributed by atoms with Crippen LogP contribution >= 0.6 is 0 Å². The molecule has 0 heterocycles. The van der Waals surface area contributed by atoms with Crippen LogP contribution in [-0.4, -0.2) is 17.7 Å². The molecular formula is C9H9FO3. The number of ether oxygens (including phenoxy) is 1. The van der Waals surface area contributed by atoms with E-state index in [2.05, 4.69) is 0 Å². The third-order valence-electron chi connectivity index (χ3n) is 1.50. The van der Waals surface area contributed by atoms with Gasteiger partial charge in [0.25, 0.3) is 0 Å². The minimum Gasteiger partial charge on any atom is -0.482 e. The molecule has 3 nitrogen and oxygen atoms in total. The van der Waals surface area contributed by atoms with E-state index in [9.17, 15) is 9.18 Å².